The topological polar surface area (TPSA) is 0 Å². The van der Waals surface area contributed by atoms with E-state index in [1.807, 2.05) is 6.92 Å². The molecule has 14 heavy (non-hydrogen) atoms. The second kappa shape index (κ2) is 3.93. The zero-order chi connectivity index (χ0) is 10.9. The number of rotatable bonds is 1. The van der Waals surface area contributed by atoms with E-state index in [4.69, 9.17) is 0 Å². The Labute approximate surface area is 89.3 Å². The average Bonchev–Trinajstić information content (AvgIpc) is 2.02. The molecule has 0 saturated heterocycles. The predicted molar refractivity (Wildman–Crippen MR) is 53.5 cm³/mol. The number of aryl methyl sites for hydroxylation is 2. The minimum Gasteiger partial charge on any atom is -0.166 e. The molecular formula is C10H10BrF3. The average molecular weight is 267 g/mol. The summed E-state index contributed by atoms with van der Waals surface area (Å²) in [7, 11) is 0. The number of hydrogen-bond donors (Lipinski definition) is 0. The van der Waals surface area contributed by atoms with Crippen LogP contribution in [0.25, 0.3) is 0 Å². The van der Waals surface area contributed by atoms with Gasteiger partial charge in [0.25, 0.3) is 0 Å². The molecule has 0 heterocycles. The van der Waals surface area contributed by atoms with Crippen LogP contribution in [0.15, 0.2) is 12.1 Å². The molecule has 1 aromatic carbocycles. The number of hydrogen-bond acceptors (Lipinski definition) is 0. The van der Waals surface area contributed by atoms with Crippen molar-refractivity contribution in [3.05, 3.63) is 34.4 Å². The third-order valence-electron chi connectivity index (χ3n) is 2.13. The van der Waals surface area contributed by atoms with E-state index in [0.717, 1.165) is 5.56 Å². The van der Waals surface area contributed by atoms with Crippen LogP contribution in [0.3, 0.4) is 0 Å². The van der Waals surface area contributed by atoms with Crippen LogP contribution in [0, 0.1) is 13.8 Å². The van der Waals surface area contributed by atoms with Crippen LogP contribution in [0.4, 0.5) is 13.2 Å². The fourth-order valence-corrected chi connectivity index (χ4v) is 1.95. The summed E-state index contributed by atoms with van der Waals surface area (Å²) in [4.78, 5) is 0. The molecule has 0 fully saturated rings. The molecule has 1 aromatic rings. The first-order valence-electron chi connectivity index (χ1n) is 4.09. The standard InChI is InChI=1S/C10H10BrF3/c1-6-3-7(2)9(10(12,13)14)4-8(6)5-11/h3-4H,5H2,1-2H3. The van der Waals surface area contributed by atoms with Gasteiger partial charge < -0.3 is 0 Å². The van der Waals surface area contributed by atoms with Gasteiger partial charge in [0.2, 0.25) is 0 Å². The van der Waals surface area contributed by atoms with Gasteiger partial charge in [0, 0.05) is 5.33 Å². The first-order valence-corrected chi connectivity index (χ1v) is 5.21. The van der Waals surface area contributed by atoms with Crippen molar-refractivity contribution in [2.45, 2.75) is 25.4 Å². The molecule has 0 N–H and O–H groups in total. The van der Waals surface area contributed by atoms with E-state index in [1.165, 1.54) is 13.0 Å². The van der Waals surface area contributed by atoms with Crippen molar-refractivity contribution in [2.24, 2.45) is 0 Å². The van der Waals surface area contributed by atoms with E-state index in [9.17, 15) is 13.2 Å². The van der Waals surface area contributed by atoms with Crippen LogP contribution in [0.5, 0.6) is 0 Å². The summed E-state index contributed by atoms with van der Waals surface area (Å²) in [6.45, 7) is 3.29. The molecule has 0 aliphatic carbocycles. The second-order valence-electron chi connectivity index (χ2n) is 3.23. The summed E-state index contributed by atoms with van der Waals surface area (Å²) in [5.74, 6) is 0. The minimum atomic E-state index is -4.26. The van der Waals surface area contributed by atoms with Crippen molar-refractivity contribution in [1.29, 1.82) is 0 Å². The van der Waals surface area contributed by atoms with Crippen LogP contribution in [-0.4, -0.2) is 0 Å². The molecule has 0 radical (unpaired) electrons. The maximum absolute atomic E-state index is 12.5. The highest BCUT2D eigenvalue weighted by Crippen LogP contribution is 2.33. The van der Waals surface area contributed by atoms with E-state index < -0.39 is 11.7 Å². The van der Waals surface area contributed by atoms with Crippen LogP contribution < -0.4 is 0 Å². The first-order chi connectivity index (χ1) is 6.36. The molecule has 0 saturated carbocycles. The minimum absolute atomic E-state index is 0.278. The first kappa shape index (κ1) is 11.6. The monoisotopic (exact) mass is 266 g/mol. The lowest BCUT2D eigenvalue weighted by atomic mass is 10.0. The van der Waals surface area contributed by atoms with Gasteiger partial charge in [-0.25, -0.2) is 0 Å². The Hall–Kier alpha value is -0.510. The molecule has 0 nitrogen and oxygen atoms in total. The molecular weight excluding hydrogens is 257 g/mol. The van der Waals surface area contributed by atoms with Crippen LogP contribution in [0.2, 0.25) is 0 Å². The molecule has 4 heteroatoms. The van der Waals surface area contributed by atoms with Gasteiger partial charge in [-0.3, -0.25) is 0 Å². The van der Waals surface area contributed by atoms with Crippen molar-refractivity contribution in [3.8, 4) is 0 Å². The molecule has 0 spiro atoms. The summed E-state index contributed by atoms with van der Waals surface area (Å²) in [5.41, 5.74) is 1.30. The van der Waals surface area contributed by atoms with Crippen molar-refractivity contribution >= 4 is 15.9 Å². The van der Waals surface area contributed by atoms with Gasteiger partial charge in [0.05, 0.1) is 5.56 Å². The molecule has 0 amide bonds. The van der Waals surface area contributed by atoms with Gasteiger partial charge in [-0.05, 0) is 36.6 Å². The molecule has 0 bridgehead atoms. The molecule has 0 atom stereocenters. The Balaban J connectivity index is 3.32. The van der Waals surface area contributed by atoms with Crippen molar-refractivity contribution in [3.63, 3.8) is 0 Å². The van der Waals surface area contributed by atoms with Crippen molar-refractivity contribution < 1.29 is 13.2 Å². The summed E-state index contributed by atoms with van der Waals surface area (Å²) < 4.78 is 37.4. The van der Waals surface area contributed by atoms with Gasteiger partial charge in [0.1, 0.15) is 0 Å². The maximum atomic E-state index is 12.5. The lowest BCUT2D eigenvalue weighted by Gasteiger charge is -2.13. The Bertz CT molecular complexity index is 342. The predicted octanol–water partition coefficient (Wildman–Crippen LogP) is 4.22. The van der Waals surface area contributed by atoms with Crippen molar-refractivity contribution in [2.75, 3.05) is 0 Å². The number of benzene rings is 1. The third-order valence-corrected chi connectivity index (χ3v) is 2.74. The van der Waals surface area contributed by atoms with Crippen LogP contribution in [0.1, 0.15) is 22.3 Å². The fraction of sp³-hybridized carbons (Fsp3) is 0.400. The smallest absolute Gasteiger partial charge is 0.166 e. The van der Waals surface area contributed by atoms with E-state index in [2.05, 4.69) is 15.9 Å². The molecule has 0 aliphatic rings. The highest BCUT2D eigenvalue weighted by atomic mass is 79.9. The zero-order valence-corrected chi connectivity index (χ0v) is 9.46. The van der Waals surface area contributed by atoms with E-state index in [-0.39, 0.29) is 5.56 Å². The van der Waals surface area contributed by atoms with Gasteiger partial charge in [-0.15, -0.1) is 0 Å². The maximum Gasteiger partial charge on any atom is 0.416 e. The number of alkyl halides is 4. The van der Waals surface area contributed by atoms with E-state index >= 15 is 0 Å². The van der Waals surface area contributed by atoms with Gasteiger partial charge in [0.15, 0.2) is 0 Å². The lowest BCUT2D eigenvalue weighted by Crippen LogP contribution is -2.08. The highest BCUT2D eigenvalue weighted by molar-refractivity contribution is 9.08. The Kier molecular flexibility index (Phi) is 3.24. The van der Waals surface area contributed by atoms with Gasteiger partial charge >= 0.3 is 6.18 Å². The van der Waals surface area contributed by atoms with Crippen LogP contribution in [-0.2, 0) is 11.5 Å². The molecule has 1 rings (SSSR count). The fourth-order valence-electron chi connectivity index (χ4n) is 1.35. The van der Waals surface area contributed by atoms with Gasteiger partial charge in [-0.1, -0.05) is 22.0 Å². The van der Waals surface area contributed by atoms with Gasteiger partial charge in [-0.2, -0.15) is 13.2 Å². The normalized spacial score (nSPS) is 11.9. The van der Waals surface area contributed by atoms with E-state index in [0.29, 0.717) is 10.9 Å². The molecule has 0 unspecified atom stereocenters. The quantitative estimate of drug-likeness (QED) is 0.668. The zero-order valence-electron chi connectivity index (χ0n) is 7.87. The lowest BCUT2D eigenvalue weighted by molar-refractivity contribution is -0.138. The Morgan fingerprint density at radius 1 is 1.14 bits per heavy atom. The summed E-state index contributed by atoms with van der Waals surface area (Å²) in [5, 5.41) is 0.447. The van der Waals surface area contributed by atoms with Crippen molar-refractivity contribution in [1.82, 2.24) is 0 Å². The summed E-state index contributed by atoms with van der Waals surface area (Å²) >= 11 is 3.17. The van der Waals surface area contributed by atoms with E-state index in [1.54, 1.807) is 6.07 Å². The Morgan fingerprint density at radius 3 is 2.14 bits per heavy atom. The largest absolute Gasteiger partial charge is 0.416 e. The molecule has 0 aromatic heterocycles. The second-order valence-corrected chi connectivity index (χ2v) is 3.79. The highest BCUT2D eigenvalue weighted by Gasteiger charge is 2.32. The summed E-state index contributed by atoms with van der Waals surface area (Å²) in [6.07, 6.45) is -4.26. The van der Waals surface area contributed by atoms with Crippen LogP contribution >= 0.6 is 15.9 Å². The SMILES string of the molecule is Cc1cc(C)c(C(F)(F)F)cc1CBr. The molecule has 78 valence electrons. The summed E-state index contributed by atoms with van der Waals surface area (Å²) in [6, 6.07) is 2.78. The Morgan fingerprint density at radius 2 is 1.71 bits per heavy atom. The third kappa shape index (κ3) is 2.29. The number of halogens is 4. The molecule has 0 aliphatic heterocycles.